The Morgan fingerprint density at radius 3 is 2.75 bits per heavy atom. The second-order valence-corrected chi connectivity index (χ2v) is 8.15. The number of piperidine rings is 1. The molecular weight excluding hydrogens is 320 g/mol. The van der Waals surface area contributed by atoms with Crippen LogP contribution in [-0.4, -0.2) is 51.2 Å². The number of likely N-dealkylation sites (N-methyl/N-ethyl adjacent to an activating group) is 1. The molecule has 2 aliphatic heterocycles. The Hall–Kier alpha value is -1.66. The normalized spacial score (nSPS) is 24.2. The molecule has 2 aliphatic rings. The summed E-state index contributed by atoms with van der Waals surface area (Å²) >= 11 is 1.82. The van der Waals surface area contributed by atoms with Gasteiger partial charge in [-0.3, -0.25) is 14.4 Å². The molecule has 2 saturated heterocycles. The van der Waals surface area contributed by atoms with E-state index in [0.717, 1.165) is 32.5 Å². The minimum absolute atomic E-state index is 0.0356. The third-order valence-electron chi connectivity index (χ3n) is 5.88. The van der Waals surface area contributed by atoms with Gasteiger partial charge in [-0.15, -0.1) is 11.3 Å². The summed E-state index contributed by atoms with van der Waals surface area (Å²) in [6.45, 7) is 3.13. The summed E-state index contributed by atoms with van der Waals surface area (Å²) in [7, 11) is 3.94. The summed E-state index contributed by atoms with van der Waals surface area (Å²) < 4.78 is 1.84. The molecule has 4 rings (SSSR count). The quantitative estimate of drug-likeness (QED) is 0.859. The van der Waals surface area contributed by atoms with Crippen LogP contribution in [0.1, 0.15) is 35.6 Å². The van der Waals surface area contributed by atoms with Crippen molar-refractivity contribution in [3.8, 4) is 0 Å². The van der Waals surface area contributed by atoms with Gasteiger partial charge in [0.25, 0.3) is 0 Å². The number of hydrogen-bond donors (Lipinski definition) is 0. The van der Waals surface area contributed by atoms with Crippen LogP contribution in [0.5, 0.6) is 0 Å². The molecule has 0 aromatic carbocycles. The highest BCUT2D eigenvalue weighted by molar-refractivity contribution is 7.09. The van der Waals surface area contributed by atoms with Gasteiger partial charge >= 0.3 is 0 Å². The molecule has 2 aromatic heterocycles. The van der Waals surface area contributed by atoms with Gasteiger partial charge in [-0.05, 0) is 29.9 Å². The van der Waals surface area contributed by atoms with E-state index >= 15 is 0 Å². The van der Waals surface area contributed by atoms with Crippen molar-refractivity contribution in [1.82, 2.24) is 19.6 Å². The van der Waals surface area contributed by atoms with Gasteiger partial charge in [0.05, 0.1) is 11.7 Å². The molecule has 2 aromatic rings. The van der Waals surface area contributed by atoms with Crippen LogP contribution in [0.4, 0.5) is 0 Å². The second-order valence-electron chi connectivity index (χ2n) is 7.12. The fourth-order valence-electron chi connectivity index (χ4n) is 4.44. The van der Waals surface area contributed by atoms with E-state index in [1.165, 1.54) is 10.4 Å². The largest absolute Gasteiger partial charge is 0.339 e. The molecule has 1 atom stereocenters. The Bertz CT molecular complexity index is 715. The first-order valence-corrected chi connectivity index (χ1v) is 9.46. The fraction of sp³-hybridized carbons (Fsp3) is 0.556. The first kappa shape index (κ1) is 15.8. The highest BCUT2D eigenvalue weighted by Gasteiger charge is 2.52. The van der Waals surface area contributed by atoms with E-state index in [1.54, 1.807) is 0 Å². The van der Waals surface area contributed by atoms with Crippen molar-refractivity contribution in [2.45, 2.75) is 37.3 Å². The topological polar surface area (TPSA) is 41.4 Å². The molecule has 0 bridgehead atoms. The van der Waals surface area contributed by atoms with Crippen LogP contribution in [0.25, 0.3) is 0 Å². The molecule has 0 saturated carbocycles. The predicted molar refractivity (Wildman–Crippen MR) is 94.9 cm³/mol. The molecule has 4 heterocycles. The van der Waals surface area contributed by atoms with Crippen molar-refractivity contribution in [3.05, 3.63) is 40.3 Å². The lowest BCUT2D eigenvalue weighted by atomic mass is 9.74. The number of carbonyl (C=O) groups is 1. The number of hydrogen-bond acceptors (Lipinski definition) is 4. The third-order valence-corrected chi connectivity index (χ3v) is 6.74. The number of amides is 1. The summed E-state index contributed by atoms with van der Waals surface area (Å²) in [4.78, 5) is 18.4. The molecule has 6 heteroatoms. The Morgan fingerprint density at radius 2 is 2.12 bits per heavy atom. The molecule has 0 radical (unpaired) electrons. The minimum atomic E-state index is -0.0356. The van der Waals surface area contributed by atoms with Crippen LogP contribution < -0.4 is 0 Å². The zero-order valence-corrected chi connectivity index (χ0v) is 15.1. The Labute approximate surface area is 146 Å². The zero-order chi connectivity index (χ0) is 16.7. The minimum Gasteiger partial charge on any atom is -0.339 e. The van der Waals surface area contributed by atoms with E-state index in [0.29, 0.717) is 6.42 Å². The number of nitrogens with zero attached hydrogens (tertiary/aromatic N) is 4. The molecule has 24 heavy (non-hydrogen) atoms. The van der Waals surface area contributed by atoms with Crippen molar-refractivity contribution in [2.75, 3.05) is 20.1 Å². The highest BCUT2D eigenvalue weighted by atomic mass is 32.1. The van der Waals surface area contributed by atoms with Crippen molar-refractivity contribution < 1.29 is 4.79 Å². The van der Waals surface area contributed by atoms with Crippen LogP contribution in [0, 0.1) is 0 Å². The summed E-state index contributed by atoms with van der Waals surface area (Å²) in [5.74, 6) is 0.545. The van der Waals surface area contributed by atoms with E-state index in [2.05, 4.69) is 33.7 Å². The van der Waals surface area contributed by atoms with Crippen LogP contribution in [0.2, 0.25) is 0 Å². The molecule has 0 unspecified atom stereocenters. The average Bonchev–Trinajstić information content (AvgIpc) is 3.28. The van der Waals surface area contributed by atoms with Gasteiger partial charge in [0.1, 0.15) is 0 Å². The Morgan fingerprint density at radius 1 is 1.33 bits per heavy atom. The van der Waals surface area contributed by atoms with Gasteiger partial charge < -0.3 is 4.90 Å². The lowest BCUT2D eigenvalue weighted by Crippen LogP contribution is -2.53. The van der Waals surface area contributed by atoms with Crippen molar-refractivity contribution in [2.24, 2.45) is 7.05 Å². The van der Waals surface area contributed by atoms with Gasteiger partial charge in [-0.2, -0.15) is 5.10 Å². The van der Waals surface area contributed by atoms with E-state index in [4.69, 9.17) is 0 Å². The molecule has 0 aliphatic carbocycles. The Balaban J connectivity index is 1.53. The standard InChI is InChI=1S/C18H24N4OS/c1-20-12-14(11-19-20)16-10-17(23)21(2)18(16)5-7-22(8-6-18)13-15-4-3-9-24-15/h3-4,9,11-12,16H,5-8,10,13H2,1-2H3/t16-/m1/s1. The van der Waals surface area contributed by atoms with Crippen molar-refractivity contribution in [3.63, 3.8) is 0 Å². The third kappa shape index (κ3) is 2.58. The monoisotopic (exact) mass is 344 g/mol. The van der Waals surface area contributed by atoms with Gasteiger partial charge in [0.15, 0.2) is 0 Å². The van der Waals surface area contributed by atoms with E-state index < -0.39 is 0 Å². The summed E-state index contributed by atoms with van der Waals surface area (Å²) in [5.41, 5.74) is 1.17. The first-order chi connectivity index (χ1) is 11.6. The number of thiophene rings is 1. The van der Waals surface area contributed by atoms with Crippen molar-refractivity contribution in [1.29, 1.82) is 0 Å². The summed E-state index contributed by atoms with van der Waals surface area (Å²) in [6, 6.07) is 4.33. The highest BCUT2D eigenvalue weighted by Crippen LogP contribution is 2.48. The first-order valence-electron chi connectivity index (χ1n) is 8.58. The van der Waals surface area contributed by atoms with Crippen LogP contribution >= 0.6 is 11.3 Å². The predicted octanol–water partition coefficient (Wildman–Crippen LogP) is 2.46. The van der Waals surface area contributed by atoms with E-state index in [-0.39, 0.29) is 17.4 Å². The number of likely N-dealkylation sites (tertiary alicyclic amines) is 2. The van der Waals surface area contributed by atoms with Crippen molar-refractivity contribution >= 4 is 17.2 Å². The van der Waals surface area contributed by atoms with Gasteiger partial charge in [-0.25, -0.2) is 0 Å². The Kier molecular flexibility index (Phi) is 3.96. The number of rotatable bonds is 3. The van der Waals surface area contributed by atoms with Gasteiger partial charge in [-0.1, -0.05) is 6.07 Å². The maximum atomic E-state index is 12.5. The molecule has 1 amide bonds. The summed E-state index contributed by atoms with van der Waals surface area (Å²) in [5, 5.41) is 6.47. The molecule has 0 N–H and O–H groups in total. The van der Waals surface area contributed by atoms with Crippen LogP contribution in [0.15, 0.2) is 29.9 Å². The molecule has 2 fully saturated rings. The lowest BCUT2D eigenvalue weighted by Gasteiger charge is -2.46. The number of aromatic nitrogens is 2. The smallest absolute Gasteiger partial charge is 0.223 e. The lowest BCUT2D eigenvalue weighted by molar-refractivity contribution is -0.130. The average molecular weight is 344 g/mol. The zero-order valence-electron chi connectivity index (χ0n) is 14.3. The van der Waals surface area contributed by atoms with Crippen LogP contribution in [-0.2, 0) is 18.4 Å². The van der Waals surface area contributed by atoms with Gasteiger partial charge in [0.2, 0.25) is 5.91 Å². The summed E-state index contributed by atoms with van der Waals surface area (Å²) in [6.07, 6.45) is 6.72. The van der Waals surface area contributed by atoms with E-state index in [9.17, 15) is 4.79 Å². The second kappa shape index (κ2) is 6.01. The molecule has 1 spiro atoms. The molecule has 128 valence electrons. The maximum absolute atomic E-state index is 12.5. The SMILES string of the molecule is CN1C(=O)C[C@H](c2cnn(C)c2)C12CCN(Cc1cccs1)CC2. The number of aryl methyl sites for hydroxylation is 1. The fourth-order valence-corrected chi connectivity index (χ4v) is 5.18. The maximum Gasteiger partial charge on any atom is 0.223 e. The van der Waals surface area contributed by atoms with Crippen LogP contribution in [0.3, 0.4) is 0 Å². The molecule has 5 nitrogen and oxygen atoms in total. The van der Waals surface area contributed by atoms with Gasteiger partial charge in [0, 0.05) is 57.1 Å². The van der Waals surface area contributed by atoms with E-state index in [1.807, 2.05) is 41.2 Å². The molecular formula is C18H24N4OS. The number of carbonyl (C=O) groups excluding carboxylic acids is 1.